The maximum Gasteiger partial charge on any atom is 0.433 e. The summed E-state index contributed by atoms with van der Waals surface area (Å²) in [6.45, 7) is 1.40. The molecule has 11 heteroatoms. The molecule has 3 aromatic rings. The number of alkyl halides is 3. The molecule has 1 amide bonds. The highest BCUT2D eigenvalue weighted by Gasteiger charge is 2.34. The Morgan fingerprint density at radius 2 is 1.77 bits per heavy atom. The molecule has 162 valence electrons. The molecule has 1 aromatic heterocycles. The van der Waals surface area contributed by atoms with E-state index in [0.29, 0.717) is 23.4 Å². The summed E-state index contributed by atoms with van der Waals surface area (Å²) in [5, 5.41) is 1.04. The van der Waals surface area contributed by atoms with E-state index < -0.39 is 34.7 Å². The molecular weight excluding hydrogens is 505 g/mol. The smallest absolute Gasteiger partial charge is 0.322 e. The first-order valence-electron chi connectivity index (χ1n) is 8.68. The molecule has 0 saturated carbocycles. The molecule has 0 aliphatic rings. The first-order chi connectivity index (χ1) is 14.5. The molecule has 4 nitrogen and oxygen atoms in total. The van der Waals surface area contributed by atoms with E-state index in [-0.39, 0.29) is 21.0 Å². The van der Waals surface area contributed by atoms with Crippen molar-refractivity contribution in [2.24, 2.45) is 0 Å². The van der Waals surface area contributed by atoms with Crippen molar-refractivity contribution in [3.05, 3.63) is 70.3 Å². The maximum atomic E-state index is 13.9. The summed E-state index contributed by atoms with van der Waals surface area (Å²) in [7, 11) is 0. The maximum absolute atomic E-state index is 13.9. The zero-order valence-corrected chi connectivity index (χ0v) is 18.1. The van der Waals surface area contributed by atoms with E-state index in [1.807, 2.05) is 0 Å². The first-order valence-corrected chi connectivity index (χ1v) is 10.4. The highest BCUT2D eigenvalue weighted by atomic mass is 79.9. The van der Waals surface area contributed by atoms with Crippen LogP contribution in [0.25, 0.3) is 11.3 Å². The standard InChI is InChI=1S/C20H13BrF5N3OS/c1-10(18(30)29-17-13(21)7-12(22)8-14(17)23)31-19-27-15(11-5-3-2-4-6-11)9-16(28-19)20(24,25)26/h2-10H,1H3,(H,29,30). The van der Waals surface area contributed by atoms with Crippen LogP contribution in [-0.2, 0) is 11.0 Å². The van der Waals surface area contributed by atoms with Gasteiger partial charge >= 0.3 is 6.18 Å². The van der Waals surface area contributed by atoms with E-state index in [4.69, 9.17) is 0 Å². The van der Waals surface area contributed by atoms with Gasteiger partial charge in [0.25, 0.3) is 0 Å². The fourth-order valence-electron chi connectivity index (χ4n) is 2.48. The summed E-state index contributed by atoms with van der Waals surface area (Å²) in [5.41, 5.74) is -0.936. The number of amides is 1. The number of aromatic nitrogens is 2. The lowest BCUT2D eigenvalue weighted by Crippen LogP contribution is -2.24. The monoisotopic (exact) mass is 517 g/mol. The molecule has 1 heterocycles. The number of carbonyl (C=O) groups is 1. The Morgan fingerprint density at radius 3 is 2.39 bits per heavy atom. The Labute approximate surface area is 186 Å². The number of anilines is 1. The van der Waals surface area contributed by atoms with Gasteiger partial charge < -0.3 is 5.32 Å². The van der Waals surface area contributed by atoms with Gasteiger partial charge in [-0.15, -0.1) is 0 Å². The fourth-order valence-corrected chi connectivity index (χ4v) is 3.77. The Kier molecular flexibility index (Phi) is 6.95. The van der Waals surface area contributed by atoms with E-state index in [2.05, 4.69) is 31.2 Å². The molecule has 2 aromatic carbocycles. The van der Waals surface area contributed by atoms with Crippen molar-refractivity contribution in [2.75, 3.05) is 5.32 Å². The van der Waals surface area contributed by atoms with Crippen LogP contribution in [-0.4, -0.2) is 21.1 Å². The van der Waals surface area contributed by atoms with Gasteiger partial charge in [-0.25, -0.2) is 18.7 Å². The zero-order valence-electron chi connectivity index (χ0n) is 15.7. The van der Waals surface area contributed by atoms with E-state index in [9.17, 15) is 26.7 Å². The molecule has 31 heavy (non-hydrogen) atoms. The molecule has 0 spiro atoms. The first kappa shape index (κ1) is 23.1. The van der Waals surface area contributed by atoms with Gasteiger partial charge in [0, 0.05) is 16.1 Å². The SMILES string of the molecule is CC(Sc1nc(-c2ccccc2)cc(C(F)(F)F)n1)C(=O)Nc1c(F)cc(F)cc1Br. The average Bonchev–Trinajstić information content (AvgIpc) is 2.70. The Balaban J connectivity index is 1.86. The summed E-state index contributed by atoms with van der Waals surface area (Å²) in [4.78, 5) is 20.1. The number of benzene rings is 2. The van der Waals surface area contributed by atoms with Crippen LogP contribution < -0.4 is 5.32 Å². The largest absolute Gasteiger partial charge is 0.433 e. The van der Waals surface area contributed by atoms with Gasteiger partial charge in [-0.1, -0.05) is 42.1 Å². The molecule has 1 atom stereocenters. The molecule has 0 aliphatic heterocycles. The van der Waals surface area contributed by atoms with Gasteiger partial charge in [0.15, 0.2) is 11.0 Å². The number of thioether (sulfide) groups is 1. The molecule has 3 rings (SSSR count). The molecular formula is C20H13BrF5N3OS. The summed E-state index contributed by atoms with van der Waals surface area (Å²) in [6, 6.07) is 10.6. The van der Waals surface area contributed by atoms with Crippen molar-refractivity contribution in [3.63, 3.8) is 0 Å². The minimum absolute atomic E-state index is 0.0165. The molecule has 0 fully saturated rings. The van der Waals surface area contributed by atoms with Crippen LogP contribution in [0.4, 0.5) is 27.6 Å². The van der Waals surface area contributed by atoms with Gasteiger partial charge in [-0.05, 0) is 35.0 Å². The zero-order chi connectivity index (χ0) is 22.8. The number of halogens is 6. The minimum atomic E-state index is -4.71. The van der Waals surface area contributed by atoms with Crippen LogP contribution in [0.5, 0.6) is 0 Å². The van der Waals surface area contributed by atoms with Crippen molar-refractivity contribution in [3.8, 4) is 11.3 Å². The van der Waals surface area contributed by atoms with Gasteiger partial charge in [0.2, 0.25) is 5.91 Å². The highest BCUT2D eigenvalue weighted by Crippen LogP contribution is 2.33. The predicted octanol–water partition coefficient (Wildman–Crippen LogP) is 6.32. The quantitative estimate of drug-likeness (QED) is 0.244. The summed E-state index contributed by atoms with van der Waals surface area (Å²) in [5.74, 6) is -2.56. The topological polar surface area (TPSA) is 54.9 Å². The van der Waals surface area contributed by atoms with Crippen molar-refractivity contribution in [1.82, 2.24) is 9.97 Å². The molecule has 1 N–H and O–H groups in total. The van der Waals surface area contributed by atoms with Gasteiger partial charge in [0.1, 0.15) is 11.5 Å². The van der Waals surface area contributed by atoms with E-state index in [0.717, 1.165) is 12.1 Å². The third kappa shape index (κ3) is 5.79. The van der Waals surface area contributed by atoms with Crippen LogP contribution in [0, 0.1) is 11.6 Å². The Morgan fingerprint density at radius 1 is 1.10 bits per heavy atom. The number of hydrogen-bond acceptors (Lipinski definition) is 4. The van der Waals surface area contributed by atoms with E-state index in [1.165, 1.54) is 6.92 Å². The molecule has 0 saturated heterocycles. The summed E-state index contributed by atoms with van der Waals surface area (Å²) < 4.78 is 67.1. The molecule has 0 bridgehead atoms. The normalized spacial score (nSPS) is 12.5. The van der Waals surface area contributed by atoms with Gasteiger partial charge in [-0.2, -0.15) is 13.2 Å². The van der Waals surface area contributed by atoms with E-state index >= 15 is 0 Å². The summed E-state index contributed by atoms with van der Waals surface area (Å²) in [6.07, 6.45) is -4.71. The summed E-state index contributed by atoms with van der Waals surface area (Å²) >= 11 is 3.64. The van der Waals surface area contributed by atoms with Crippen molar-refractivity contribution in [2.45, 2.75) is 23.5 Å². The Hall–Kier alpha value is -2.53. The lowest BCUT2D eigenvalue weighted by molar-refractivity contribution is -0.141. The Bertz CT molecular complexity index is 1090. The van der Waals surface area contributed by atoms with Crippen LogP contribution in [0.2, 0.25) is 0 Å². The number of nitrogens with one attached hydrogen (secondary N) is 1. The van der Waals surface area contributed by atoms with E-state index in [1.54, 1.807) is 30.3 Å². The molecule has 1 unspecified atom stereocenters. The molecule has 0 aliphatic carbocycles. The number of carbonyl (C=O) groups excluding carboxylic acids is 1. The second-order valence-electron chi connectivity index (χ2n) is 6.28. The van der Waals surface area contributed by atoms with Crippen molar-refractivity contribution in [1.29, 1.82) is 0 Å². The second-order valence-corrected chi connectivity index (χ2v) is 8.44. The number of nitrogens with zero attached hydrogens (tertiary/aromatic N) is 2. The molecule has 0 radical (unpaired) electrons. The van der Waals surface area contributed by atoms with Crippen LogP contribution in [0.3, 0.4) is 0 Å². The van der Waals surface area contributed by atoms with Crippen molar-refractivity contribution >= 4 is 39.3 Å². The van der Waals surface area contributed by atoms with Crippen LogP contribution >= 0.6 is 27.7 Å². The number of hydrogen-bond donors (Lipinski definition) is 1. The second kappa shape index (κ2) is 9.31. The minimum Gasteiger partial charge on any atom is -0.322 e. The lowest BCUT2D eigenvalue weighted by atomic mass is 10.1. The predicted molar refractivity (Wildman–Crippen MR) is 110 cm³/mol. The highest BCUT2D eigenvalue weighted by molar-refractivity contribution is 9.10. The number of rotatable bonds is 5. The third-order valence-electron chi connectivity index (χ3n) is 3.97. The van der Waals surface area contributed by atoms with Crippen molar-refractivity contribution < 1.29 is 26.7 Å². The van der Waals surface area contributed by atoms with Gasteiger partial charge in [-0.3, -0.25) is 4.79 Å². The van der Waals surface area contributed by atoms with Crippen LogP contribution in [0.15, 0.2) is 58.2 Å². The lowest BCUT2D eigenvalue weighted by Gasteiger charge is -2.15. The van der Waals surface area contributed by atoms with Gasteiger partial charge in [0.05, 0.1) is 16.6 Å². The fraction of sp³-hybridized carbons (Fsp3) is 0.150. The third-order valence-corrected chi connectivity index (χ3v) is 5.56. The average molecular weight is 518 g/mol. The van der Waals surface area contributed by atoms with Crippen LogP contribution in [0.1, 0.15) is 12.6 Å².